The molecular formula is C10H18N4O. The standard InChI is InChI=1S/C10H18N4O/c1-14-6-2-3-8(7-14)10-13-12-9(15-10)4-5-11/h8H,2-7,11H2,1H3/t8-/m1/s1. The summed E-state index contributed by atoms with van der Waals surface area (Å²) < 4.78 is 5.58. The normalized spacial score (nSPS) is 23.2. The molecule has 1 saturated heterocycles. The number of likely N-dealkylation sites (N-methyl/N-ethyl adjacent to an activating group) is 1. The number of nitrogens with two attached hydrogens (primary N) is 1. The molecule has 2 rings (SSSR count). The van der Waals surface area contributed by atoms with E-state index in [0.29, 0.717) is 24.8 Å². The molecule has 0 radical (unpaired) electrons. The summed E-state index contributed by atoms with van der Waals surface area (Å²) in [4.78, 5) is 2.31. The minimum atomic E-state index is 0.405. The molecule has 2 heterocycles. The summed E-state index contributed by atoms with van der Waals surface area (Å²) in [7, 11) is 2.13. The zero-order valence-corrected chi connectivity index (χ0v) is 9.15. The lowest BCUT2D eigenvalue weighted by Crippen LogP contribution is -2.30. The summed E-state index contributed by atoms with van der Waals surface area (Å²) in [5.74, 6) is 1.86. The van der Waals surface area contributed by atoms with Crippen LogP contribution < -0.4 is 5.73 Å². The molecule has 5 heteroatoms. The molecule has 0 unspecified atom stereocenters. The van der Waals surface area contributed by atoms with Gasteiger partial charge in [-0.3, -0.25) is 0 Å². The van der Waals surface area contributed by atoms with Crippen LogP contribution in [0.25, 0.3) is 0 Å². The third kappa shape index (κ3) is 2.54. The van der Waals surface area contributed by atoms with E-state index in [1.165, 1.54) is 13.0 Å². The molecule has 0 saturated carbocycles. The third-order valence-electron chi connectivity index (χ3n) is 2.81. The summed E-state index contributed by atoms with van der Waals surface area (Å²) in [5, 5.41) is 8.09. The minimum Gasteiger partial charge on any atom is -0.425 e. The smallest absolute Gasteiger partial charge is 0.220 e. The third-order valence-corrected chi connectivity index (χ3v) is 2.81. The van der Waals surface area contributed by atoms with Crippen LogP contribution in [0.4, 0.5) is 0 Å². The molecule has 0 spiro atoms. The Morgan fingerprint density at radius 1 is 1.53 bits per heavy atom. The number of piperidine rings is 1. The van der Waals surface area contributed by atoms with Gasteiger partial charge in [0.1, 0.15) is 0 Å². The average molecular weight is 210 g/mol. The van der Waals surface area contributed by atoms with Crippen LogP contribution in [0.15, 0.2) is 4.42 Å². The van der Waals surface area contributed by atoms with Gasteiger partial charge < -0.3 is 15.1 Å². The molecule has 1 fully saturated rings. The molecule has 1 aliphatic heterocycles. The highest BCUT2D eigenvalue weighted by molar-refractivity contribution is 4.95. The first kappa shape index (κ1) is 10.6. The highest BCUT2D eigenvalue weighted by Gasteiger charge is 2.23. The highest BCUT2D eigenvalue weighted by Crippen LogP contribution is 2.24. The predicted octanol–water partition coefficient (Wildman–Crippen LogP) is 0.380. The lowest BCUT2D eigenvalue weighted by atomic mass is 9.99. The van der Waals surface area contributed by atoms with Crippen LogP contribution >= 0.6 is 0 Å². The predicted molar refractivity (Wildman–Crippen MR) is 56.5 cm³/mol. The van der Waals surface area contributed by atoms with E-state index < -0.39 is 0 Å². The lowest BCUT2D eigenvalue weighted by molar-refractivity contribution is 0.228. The second kappa shape index (κ2) is 4.72. The molecule has 15 heavy (non-hydrogen) atoms. The van der Waals surface area contributed by atoms with Crippen LogP contribution in [-0.4, -0.2) is 41.8 Å². The van der Waals surface area contributed by atoms with Gasteiger partial charge in [0.15, 0.2) is 0 Å². The van der Waals surface area contributed by atoms with Gasteiger partial charge in [-0.05, 0) is 26.4 Å². The van der Waals surface area contributed by atoms with E-state index in [0.717, 1.165) is 18.9 Å². The molecule has 2 N–H and O–H groups in total. The quantitative estimate of drug-likeness (QED) is 0.781. The Hall–Kier alpha value is -0.940. The maximum absolute atomic E-state index is 5.58. The largest absolute Gasteiger partial charge is 0.425 e. The average Bonchev–Trinajstić information content (AvgIpc) is 2.67. The molecule has 0 aliphatic carbocycles. The van der Waals surface area contributed by atoms with Crippen LogP contribution in [-0.2, 0) is 6.42 Å². The molecule has 1 aromatic heterocycles. The van der Waals surface area contributed by atoms with Crippen LogP contribution in [0.3, 0.4) is 0 Å². The van der Waals surface area contributed by atoms with Gasteiger partial charge in [-0.15, -0.1) is 10.2 Å². The summed E-state index contributed by atoms with van der Waals surface area (Å²) in [5.41, 5.74) is 5.43. The van der Waals surface area contributed by atoms with Crippen LogP contribution in [0.1, 0.15) is 30.5 Å². The summed E-state index contributed by atoms with van der Waals surface area (Å²) in [6.07, 6.45) is 3.03. The number of hydrogen-bond acceptors (Lipinski definition) is 5. The van der Waals surface area contributed by atoms with Crippen molar-refractivity contribution < 1.29 is 4.42 Å². The number of nitrogens with zero attached hydrogens (tertiary/aromatic N) is 3. The van der Waals surface area contributed by atoms with Gasteiger partial charge in [-0.25, -0.2) is 0 Å². The number of aromatic nitrogens is 2. The molecule has 5 nitrogen and oxygen atoms in total. The van der Waals surface area contributed by atoms with E-state index in [-0.39, 0.29) is 0 Å². The van der Waals surface area contributed by atoms with Crippen molar-refractivity contribution in [1.29, 1.82) is 0 Å². The molecule has 0 amide bonds. The fourth-order valence-corrected chi connectivity index (χ4v) is 2.02. The fourth-order valence-electron chi connectivity index (χ4n) is 2.02. The van der Waals surface area contributed by atoms with Gasteiger partial charge in [0.2, 0.25) is 11.8 Å². The Bertz CT molecular complexity index is 312. The van der Waals surface area contributed by atoms with Gasteiger partial charge in [0.25, 0.3) is 0 Å². The minimum absolute atomic E-state index is 0.405. The fraction of sp³-hybridized carbons (Fsp3) is 0.800. The van der Waals surface area contributed by atoms with Crippen LogP contribution in [0.2, 0.25) is 0 Å². The van der Waals surface area contributed by atoms with E-state index in [1.807, 2.05) is 0 Å². The summed E-state index contributed by atoms with van der Waals surface area (Å²) in [6, 6.07) is 0. The molecule has 1 aromatic rings. The molecule has 1 atom stereocenters. The zero-order valence-electron chi connectivity index (χ0n) is 9.15. The van der Waals surface area contributed by atoms with Gasteiger partial charge >= 0.3 is 0 Å². The van der Waals surface area contributed by atoms with Gasteiger partial charge in [0.05, 0.1) is 5.92 Å². The molecule has 1 aliphatic rings. The molecule has 0 bridgehead atoms. The van der Waals surface area contributed by atoms with Crippen molar-refractivity contribution in [3.05, 3.63) is 11.8 Å². The highest BCUT2D eigenvalue weighted by atomic mass is 16.4. The van der Waals surface area contributed by atoms with Crippen molar-refractivity contribution in [1.82, 2.24) is 15.1 Å². The van der Waals surface area contributed by atoms with Crippen molar-refractivity contribution in [3.8, 4) is 0 Å². The van der Waals surface area contributed by atoms with Crippen molar-refractivity contribution in [2.45, 2.75) is 25.2 Å². The second-order valence-electron chi connectivity index (χ2n) is 4.17. The van der Waals surface area contributed by atoms with Crippen molar-refractivity contribution in [2.24, 2.45) is 5.73 Å². The first-order valence-electron chi connectivity index (χ1n) is 5.50. The SMILES string of the molecule is CN1CCC[C@@H](c2nnc(CCN)o2)C1. The van der Waals surface area contributed by atoms with E-state index in [1.54, 1.807) is 0 Å². The molecular weight excluding hydrogens is 192 g/mol. The number of likely N-dealkylation sites (tertiary alicyclic amines) is 1. The first-order chi connectivity index (χ1) is 7.29. The van der Waals surface area contributed by atoms with E-state index >= 15 is 0 Å². The number of rotatable bonds is 3. The van der Waals surface area contributed by atoms with E-state index in [4.69, 9.17) is 10.2 Å². The lowest BCUT2D eigenvalue weighted by Gasteiger charge is -2.27. The molecule has 84 valence electrons. The van der Waals surface area contributed by atoms with Crippen molar-refractivity contribution in [2.75, 3.05) is 26.7 Å². The Morgan fingerprint density at radius 2 is 2.40 bits per heavy atom. The maximum Gasteiger partial charge on any atom is 0.220 e. The second-order valence-corrected chi connectivity index (χ2v) is 4.17. The zero-order chi connectivity index (χ0) is 10.7. The first-order valence-corrected chi connectivity index (χ1v) is 5.50. The van der Waals surface area contributed by atoms with Gasteiger partial charge in [-0.2, -0.15) is 0 Å². The van der Waals surface area contributed by atoms with Crippen molar-refractivity contribution in [3.63, 3.8) is 0 Å². The van der Waals surface area contributed by atoms with Crippen molar-refractivity contribution >= 4 is 0 Å². The van der Waals surface area contributed by atoms with E-state index in [9.17, 15) is 0 Å². The van der Waals surface area contributed by atoms with Crippen LogP contribution in [0, 0.1) is 0 Å². The topological polar surface area (TPSA) is 68.2 Å². The number of hydrogen-bond donors (Lipinski definition) is 1. The Morgan fingerprint density at radius 3 is 3.13 bits per heavy atom. The monoisotopic (exact) mass is 210 g/mol. The Kier molecular flexibility index (Phi) is 3.33. The van der Waals surface area contributed by atoms with Gasteiger partial charge in [-0.1, -0.05) is 0 Å². The summed E-state index contributed by atoms with van der Waals surface area (Å²) >= 11 is 0. The molecule has 0 aromatic carbocycles. The Balaban J connectivity index is 2.01. The van der Waals surface area contributed by atoms with Gasteiger partial charge in [0, 0.05) is 19.5 Å². The van der Waals surface area contributed by atoms with E-state index in [2.05, 4.69) is 22.1 Å². The van der Waals surface area contributed by atoms with Crippen LogP contribution in [0.5, 0.6) is 0 Å². The summed E-state index contributed by atoms with van der Waals surface area (Å²) in [6.45, 7) is 2.75. The Labute approximate surface area is 89.6 Å². The maximum atomic E-state index is 5.58.